The Bertz CT molecular complexity index is 535. The van der Waals surface area contributed by atoms with Crippen molar-refractivity contribution in [3.63, 3.8) is 0 Å². The van der Waals surface area contributed by atoms with Crippen LogP contribution in [0.15, 0.2) is 67.8 Å². The van der Waals surface area contributed by atoms with E-state index in [9.17, 15) is 0 Å². The van der Waals surface area contributed by atoms with Gasteiger partial charge in [0, 0.05) is 0 Å². The van der Waals surface area contributed by atoms with E-state index in [4.69, 9.17) is 0 Å². The fraction of sp³-hybridized carbons (Fsp3) is 0.111. The summed E-state index contributed by atoms with van der Waals surface area (Å²) in [6.07, 6.45) is 5.59. The number of allylic oxidation sites excluding steroid dienone is 2. The fourth-order valence-electron chi connectivity index (χ4n) is 2.17. The summed E-state index contributed by atoms with van der Waals surface area (Å²) in [6.45, 7) is 7.67. The average molecular weight is 233 g/mol. The van der Waals surface area contributed by atoms with Gasteiger partial charge in [0.05, 0.1) is 0 Å². The monoisotopic (exact) mass is 233 g/mol. The summed E-state index contributed by atoms with van der Waals surface area (Å²) in [7, 11) is 0. The summed E-state index contributed by atoms with van der Waals surface area (Å²) < 4.78 is 0. The molecule has 0 N–H and O–H groups in total. The number of rotatable bonds is 5. The summed E-state index contributed by atoms with van der Waals surface area (Å²) in [6, 6.07) is 17.9. The number of hydrogen-bond acceptors (Lipinski definition) is 0. The molecular formula is C18H17. The second-order valence-electron chi connectivity index (χ2n) is 4.20. The van der Waals surface area contributed by atoms with Gasteiger partial charge in [0.25, 0.3) is 0 Å². The highest BCUT2D eigenvalue weighted by atomic mass is 14.1. The first-order valence-corrected chi connectivity index (χ1v) is 6.16. The molecule has 0 aromatic heterocycles. The van der Waals surface area contributed by atoms with Crippen molar-refractivity contribution >= 4 is 0 Å². The third-order valence-corrected chi connectivity index (χ3v) is 2.98. The van der Waals surface area contributed by atoms with Crippen LogP contribution in [0.25, 0.3) is 11.1 Å². The Morgan fingerprint density at radius 2 is 1.67 bits per heavy atom. The zero-order valence-electron chi connectivity index (χ0n) is 10.5. The highest BCUT2D eigenvalue weighted by Gasteiger charge is 2.07. The van der Waals surface area contributed by atoms with Gasteiger partial charge in [-0.3, -0.25) is 0 Å². The summed E-state index contributed by atoms with van der Waals surface area (Å²) in [5.41, 5.74) is 5.03. The maximum Gasteiger partial charge on any atom is -0.00909 e. The molecule has 0 saturated heterocycles. The van der Waals surface area contributed by atoms with Crippen LogP contribution in [-0.4, -0.2) is 0 Å². The topological polar surface area (TPSA) is 0 Å². The molecule has 0 atom stereocenters. The van der Waals surface area contributed by atoms with Crippen LogP contribution in [0, 0.1) is 6.07 Å². The quantitative estimate of drug-likeness (QED) is 0.661. The molecule has 18 heavy (non-hydrogen) atoms. The fourth-order valence-corrected chi connectivity index (χ4v) is 2.17. The SMILES string of the molecule is C=CCc1[c]ccc(-c2ccccc2)c1CC=C. The lowest BCUT2D eigenvalue weighted by Crippen LogP contribution is -1.96. The van der Waals surface area contributed by atoms with Gasteiger partial charge in [0.15, 0.2) is 0 Å². The van der Waals surface area contributed by atoms with Gasteiger partial charge in [-0.25, -0.2) is 0 Å². The van der Waals surface area contributed by atoms with E-state index in [0.29, 0.717) is 0 Å². The molecule has 89 valence electrons. The zero-order valence-corrected chi connectivity index (χ0v) is 10.5. The van der Waals surface area contributed by atoms with Gasteiger partial charge in [-0.05, 0) is 41.2 Å². The van der Waals surface area contributed by atoms with Crippen LogP contribution < -0.4 is 0 Å². The molecular weight excluding hydrogens is 216 g/mol. The van der Waals surface area contributed by atoms with E-state index in [2.05, 4.69) is 49.6 Å². The Morgan fingerprint density at radius 3 is 2.33 bits per heavy atom. The lowest BCUT2D eigenvalue weighted by molar-refractivity contribution is 1.15. The first-order valence-electron chi connectivity index (χ1n) is 6.16. The first kappa shape index (κ1) is 12.4. The molecule has 0 nitrogen and oxygen atoms in total. The van der Waals surface area contributed by atoms with Gasteiger partial charge in [0.2, 0.25) is 0 Å². The van der Waals surface area contributed by atoms with E-state index < -0.39 is 0 Å². The van der Waals surface area contributed by atoms with Gasteiger partial charge in [-0.2, -0.15) is 0 Å². The number of hydrogen-bond donors (Lipinski definition) is 0. The van der Waals surface area contributed by atoms with Crippen LogP contribution in [0.1, 0.15) is 11.1 Å². The minimum atomic E-state index is 0.851. The Labute approximate surface area is 109 Å². The van der Waals surface area contributed by atoms with Crippen molar-refractivity contribution in [2.24, 2.45) is 0 Å². The predicted octanol–water partition coefficient (Wildman–Crippen LogP) is 4.61. The van der Waals surface area contributed by atoms with Crippen molar-refractivity contribution < 1.29 is 0 Å². The summed E-state index contributed by atoms with van der Waals surface area (Å²) in [5.74, 6) is 0. The van der Waals surface area contributed by atoms with Crippen LogP contribution in [0.4, 0.5) is 0 Å². The molecule has 2 aromatic rings. The molecule has 0 unspecified atom stereocenters. The molecule has 0 aliphatic carbocycles. The van der Waals surface area contributed by atoms with E-state index in [0.717, 1.165) is 12.8 Å². The lowest BCUT2D eigenvalue weighted by Gasteiger charge is -2.12. The van der Waals surface area contributed by atoms with E-state index in [1.807, 2.05) is 24.3 Å². The molecule has 0 fully saturated rings. The van der Waals surface area contributed by atoms with Crippen LogP contribution in [0.5, 0.6) is 0 Å². The van der Waals surface area contributed by atoms with Crippen LogP contribution in [-0.2, 0) is 12.8 Å². The molecule has 1 radical (unpaired) electrons. The Kier molecular flexibility index (Phi) is 4.14. The third-order valence-electron chi connectivity index (χ3n) is 2.98. The third kappa shape index (κ3) is 2.60. The van der Waals surface area contributed by atoms with Gasteiger partial charge < -0.3 is 0 Å². The standard InChI is InChI=1S/C18H17/c1-3-9-15-13-8-14-18(17(15)10-4-2)16-11-6-5-7-12-16/h3-8,11-12,14H,1-2,9-10H2. The minimum absolute atomic E-state index is 0.851. The van der Waals surface area contributed by atoms with Crippen LogP contribution in [0.2, 0.25) is 0 Å². The van der Waals surface area contributed by atoms with E-state index in [1.54, 1.807) is 0 Å². The smallest absolute Gasteiger partial charge is 0.00909 e. The molecule has 0 heteroatoms. The van der Waals surface area contributed by atoms with Gasteiger partial charge in [-0.1, -0.05) is 54.6 Å². The summed E-state index contributed by atoms with van der Waals surface area (Å²) in [4.78, 5) is 0. The summed E-state index contributed by atoms with van der Waals surface area (Å²) >= 11 is 0. The van der Waals surface area contributed by atoms with E-state index >= 15 is 0 Å². The largest absolute Gasteiger partial charge is 0.103 e. The summed E-state index contributed by atoms with van der Waals surface area (Å²) in [5, 5.41) is 0. The predicted molar refractivity (Wildman–Crippen MR) is 78.5 cm³/mol. The molecule has 0 spiro atoms. The Balaban J connectivity index is 2.55. The average Bonchev–Trinajstić information content (AvgIpc) is 2.42. The van der Waals surface area contributed by atoms with Crippen molar-refractivity contribution in [1.82, 2.24) is 0 Å². The van der Waals surface area contributed by atoms with Crippen molar-refractivity contribution in [2.45, 2.75) is 12.8 Å². The van der Waals surface area contributed by atoms with Crippen molar-refractivity contribution in [3.05, 3.63) is 85.0 Å². The highest BCUT2D eigenvalue weighted by Crippen LogP contribution is 2.27. The molecule has 0 heterocycles. The van der Waals surface area contributed by atoms with Gasteiger partial charge in [-0.15, -0.1) is 13.2 Å². The molecule has 0 aliphatic rings. The Hall–Kier alpha value is -2.08. The maximum atomic E-state index is 3.85. The van der Waals surface area contributed by atoms with Gasteiger partial charge in [0.1, 0.15) is 0 Å². The van der Waals surface area contributed by atoms with E-state index in [-0.39, 0.29) is 0 Å². The van der Waals surface area contributed by atoms with Crippen molar-refractivity contribution in [2.75, 3.05) is 0 Å². The minimum Gasteiger partial charge on any atom is -0.103 e. The van der Waals surface area contributed by atoms with Crippen LogP contribution in [0.3, 0.4) is 0 Å². The molecule has 0 bridgehead atoms. The highest BCUT2D eigenvalue weighted by molar-refractivity contribution is 5.69. The molecule has 0 amide bonds. The Morgan fingerprint density at radius 1 is 0.944 bits per heavy atom. The lowest BCUT2D eigenvalue weighted by atomic mass is 9.92. The zero-order chi connectivity index (χ0) is 12.8. The van der Waals surface area contributed by atoms with Gasteiger partial charge >= 0.3 is 0 Å². The van der Waals surface area contributed by atoms with Crippen molar-refractivity contribution in [3.8, 4) is 11.1 Å². The molecule has 0 aliphatic heterocycles. The van der Waals surface area contributed by atoms with Crippen molar-refractivity contribution in [1.29, 1.82) is 0 Å². The number of benzene rings is 2. The first-order chi connectivity index (χ1) is 8.86. The van der Waals surface area contributed by atoms with E-state index in [1.165, 1.54) is 22.3 Å². The molecule has 2 rings (SSSR count). The van der Waals surface area contributed by atoms with Crippen LogP contribution >= 0.6 is 0 Å². The second kappa shape index (κ2) is 6.02. The normalized spacial score (nSPS) is 10.0. The second-order valence-corrected chi connectivity index (χ2v) is 4.20. The maximum absolute atomic E-state index is 3.85. The molecule has 2 aromatic carbocycles. The molecule has 0 saturated carbocycles.